The second-order valence-corrected chi connectivity index (χ2v) is 7.75. The third kappa shape index (κ3) is 6.76. The monoisotopic (exact) mass is 367 g/mol. The molecule has 1 saturated heterocycles. The third-order valence-electron chi connectivity index (χ3n) is 5.71. The molecule has 0 aromatic carbocycles. The van der Waals surface area contributed by atoms with Gasteiger partial charge in [-0.2, -0.15) is 0 Å². The van der Waals surface area contributed by atoms with Crippen molar-refractivity contribution in [3.8, 4) is 0 Å². The molecule has 1 heterocycles. The molecule has 0 spiro atoms. The smallest absolute Gasteiger partial charge is 0.243 e. The van der Waals surface area contributed by atoms with Crippen molar-refractivity contribution in [2.45, 2.75) is 39.0 Å². The lowest BCUT2D eigenvalue weighted by molar-refractivity contribution is -0.127. The molecule has 0 unspecified atom stereocenters. The van der Waals surface area contributed by atoms with Gasteiger partial charge in [0, 0.05) is 40.3 Å². The Labute approximate surface area is 158 Å². The first kappa shape index (κ1) is 21.0. The summed E-state index contributed by atoms with van der Waals surface area (Å²) in [6.45, 7) is 9.05. The average Bonchev–Trinajstić information content (AvgIpc) is 2.62. The van der Waals surface area contributed by atoms with Crippen LogP contribution in [0, 0.1) is 5.41 Å². The number of nitrogens with zero attached hydrogens (tertiary/aromatic N) is 3. The van der Waals surface area contributed by atoms with Gasteiger partial charge in [0.25, 0.3) is 0 Å². The number of nitrogens with one attached hydrogen (secondary N) is 2. The Hall–Kier alpha value is -1.34. The summed E-state index contributed by atoms with van der Waals surface area (Å²) in [5.74, 6) is 0.787. The minimum absolute atomic E-state index is 0.0215. The number of guanidine groups is 1. The highest BCUT2D eigenvalue weighted by Gasteiger charge is 2.34. The largest absolute Gasteiger partial charge is 0.379 e. The van der Waals surface area contributed by atoms with E-state index in [1.807, 2.05) is 0 Å². The summed E-state index contributed by atoms with van der Waals surface area (Å²) in [7, 11) is 3.53. The molecule has 7 nitrogen and oxygen atoms in total. The molecule has 0 aromatic heterocycles. The maximum Gasteiger partial charge on any atom is 0.243 e. The zero-order valence-electron chi connectivity index (χ0n) is 16.9. The maximum atomic E-state index is 11.9. The normalized spacial score (nSPS) is 20.3. The molecule has 2 aliphatic rings. The molecular formula is C19H37N5O2. The molecule has 1 aliphatic heterocycles. The lowest BCUT2D eigenvalue weighted by atomic mass is 9.67. The van der Waals surface area contributed by atoms with Gasteiger partial charge in [0.1, 0.15) is 6.54 Å². The molecule has 2 rings (SSSR count). The summed E-state index contributed by atoms with van der Waals surface area (Å²) in [5, 5.41) is 6.89. The van der Waals surface area contributed by atoms with Crippen LogP contribution in [0.15, 0.2) is 4.99 Å². The minimum atomic E-state index is 0.0215. The van der Waals surface area contributed by atoms with E-state index >= 15 is 0 Å². The molecule has 7 heteroatoms. The van der Waals surface area contributed by atoms with E-state index < -0.39 is 0 Å². The maximum absolute atomic E-state index is 11.9. The summed E-state index contributed by atoms with van der Waals surface area (Å²) in [4.78, 5) is 20.4. The second-order valence-electron chi connectivity index (χ2n) is 7.75. The van der Waals surface area contributed by atoms with Crippen LogP contribution in [0.4, 0.5) is 0 Å². The first-order valence-corrected chi connectivity index (χ1v) is 10.1. The first-order chi connectivity index (χ1) is 12.5. The SMILES string of the molecule is CCC1(CNC(=NCC(=O)N(C)C)NCCCN2CCOCC2)CCC1. The van der Waals surface area contributed by atoms with Crippen LogP contribution >= 0.6 is 0 Å². The van der Waals surface area contributed by atoms with Gasteiger partial charge >= 0.3 is 0 Å². The molecule has 150 valence electrons. The number of carbonyl (C=O) groups is 1. The number of amides is 1. The highest BCUT2D eigenvalue weighted by Crippen LogP contribution is 2.42. The molecule has 0 atom stereocenters. The van der Waals surface area contributed by atoms with E-state index in [0.29, 0.717) is 5.41 Å². The Morgan fingerprint density at radius 1 is 1.23 bits per heavy atom. The van der Waals surface area contributed by atoms with Gasteiger partial charge in [0.15, 0.2) is 5.96 Å². The van der Waals surface area contributed by atoms with Crippen LogP contribution < -0.4 is 10.6 Å². The van der Waals surface area contributed by atoms with E-state index in [1.165, 1.54) is 25.7 Å². The average molecular weight is 368 g/mol. The Morgan fingerprint density at radius 3 is 2.54 bits per heavy atom. The summed E-state index contributed by atoms with van der Waals surface area (Å²) in [6.07, 6.45) is 6.16. The fraction of sp³-hybridized carbons (Fsp3) is 0.895. The number of hydrogen-bond donors (Lipinski definition) is 2. The van der Waals surface area contributed by atoms with Crippen LogP contribution in [0.3, 0.4) is 0 Å². The Kier molecular flexibility index (Phi) is 8.65. The third-order valence-corrected chi connectivity index (χ3v) is 5.71. The van der Waals surface area contributed by atoms with E-state index in [9.17, 15) is 4.79 Å². The highest BCUT2D eigenvalue weighted by atomic mass is 16.5. The topological polar surface area (TPSA) is 69.2 Å². The van der Waals surface area contributed by atoms with Crippen molar-refractivity contribution in [2.75, 3.05) is 66.6 Å². The zero-order valence-corrected chi connectivity index (χ0v) is 16.9. The van der Waals surface area contributed by atoms with Crippen molar-refractivity contribution in [1.29, 1.82) is 0 Å². The van der Waals surface area contributed by atoms with Crippen molar-refractivity contribution < 1.29 is 9.53 Å². The van der Waals surface area contributed by atoms with Gasteiger partial charge in [0.05, 0.1) is 13.2 Å². The second kappa shape index (κ2) is 10.7. The molecule has 0 bridgehead atoms. The minimum Gasteiger partial charge on any atom is -0.379 e. The number of morpholine rings is 1. The molecule has 0 aromatic rings. The van der Waals surface area contributed by atoms with Crippen molar-refractivity contribution >= 4 is 11.9 Å². The fourth-order valence-electron chi connectivity index (χ4n) is 3.40. The van der Waals surface area contributed by atoms with Gasteiger partial charge < -0.3 is 20.3 Å². The number of likely N-dealkylation sites (N-methyl/N-ethyl adjacent to an activating group) is 1. The van der Waals surface area contributed by atoms with Crippen LogP contribution in [0.25, 0.3) is 0 Å². The molecule has 1 saturated carbocycles. The summed E-state index contributed by atoms with van der Waals surface area (Å²) >= 11 is 0. The highest BCUT2D eigenvalue weighted by molar-refractivity contribution is 5.84. The van der Waals surface area contributed by atoms with E-state index in [0.717, 1.165) is 58.3 Å². The number of ether oxygens (including phenoxy) is 1. The van der Waals surface area contributed by atoms with Crippen LogP contribution in [-0.4, -0.2) is 88.2 Å². The van der Waals surface area contributed by atoms with E-state index in [1.54, 1.807) is 19.0 Å². The van der Waals surface area contributed by atoms with Gasteiger partial charge in [-0.1, -0.05) is 13.3 Å². The Balaban J connectivity index is 1.77. The van der Waals surface area contributed by atoms with Crippen molar-refractivity contribution in [1.82, 2.24) is 20.4 Å². The predicted octanol–water partition coefficient (Wildman–Crippen LogP) is 0.912. The van der Waals surface area contributed by atoms with Gasteiger partial charge in [-0.3, -0.25) is 9.69 Å². The predicted molar refractivity (Wildman–Crippen MR) is 105 cm³/mol. The van der Waals surface area contributed by atoms with Gasteiger partial charge in [-0.15, -0.1) is 0 Å². The van der Waals surface area contributed by atoms with Crippen molar-refractivity contribution in [2.24, 2.45) is 10.4 Å². The quantitative estimate of drug-likeness (QED) is 0.360. The number of carbonyl (C=O) groups excluding carboxylic acids is 1. The van der Waals surface area contributed by atoms with E-state index in [2.05, 4.69) is 27.4 Å². The van der Waals surface area contributed by atoms with Crippen LogP contribution in [0.2, 0.25) is 0 Å². The van der Waals surface area contributed by atoms with Crippen molar-refractivity contribution in [3.05, 3.63) is 0 Å². The molecule has 0 radical (unpaired) electrons. The van der Waals surface area contributed by atoms with E-state index in [-0.39, 0.29) is 12.5 Å². The molecule has 1 amide bonds. The van der Waals surface area contributed by atoms with Gasteiger partial charge in [0.2, 0.25) is 5.91 Å². The fourth-order valence-corrected chi connectivity index (χ4v) is 3.40. The lowest BCUT2D eigenvalue weighted by Crippen LogP contribution is -2.47. The van der Waals surface area contributed by atoms with Gasteiger partial charge in [-0.05, 0) is 37.6 Å². The number of rotatable bonds is 9. The van der Waals surface area contributed by atoms with Gasteiger partial charge in [-0.25, -0.2) is 4.99 Å². The Morgan fingerprint density at radius 2 is 1.96 bits per heavy atom. The lowest BCUT2D eigenvalue weighted by Gasteiger charge is -2.41. The Bertz CT molecular complexity index is 451. The van der Waals surface area contributed by atoms with Crippen LogP contribution in [-0.2, 0) is 9.53 Å². The summed E-state index contributed by atoms with van der Waals surface area (Å²) in [5.41, 5.74) is 0.418. The molecule has 2 fully saturated rings. The van der Waals surface area contributed by atoms with Crippen molar-refractivity contribution in [3.63, 3.8) is 0 Å². The number of hydrogen-bond acceptors (Lipinski definition) is 4. The molecule has 26 heavy (non-hydrogen) atoms. The van der Waals surface area contributed by atoms with E-state index in [4.69, 9.17) is 4.74 Å². The zero-order chi connectivity index (χ0) is 18.8. The van der Waals surface area contributed by atoms with Crippen LogP contribution in [0.5, 0.6) is 0 Å². The summed E-state index contributed by atoms with van der Waals surface area (Å²) in [6, 6.07) is 0. The molecular weight excluding hydrogens is 330 g/mol. The molecule has 2 N–H and O–H groups in total. The molecule has 1 aliphatic carbocycles. The number of aliphatic imine (C=N–C) groups is 1. The standard InChI is InChI=1S/C19H37N5O2/c1-4-19(7-5-8-19)16-22-18(21-15-17(25)23(2)3)20-9-6-10-24-11-13-26-14-12-24/h4-16H2,1-3H3,(H2,20,21,22). The first-order valence-electron chi connectivity index (χ1n) is 10.1. The van der Waals surface area contributed by atoms with Crippen LogP contribution in [0.1, 0.15) is 39.0 Å². The summed E-state index contributed by atoms with van der Waals surface area (Å²) < 4.78 is 5.39.